The summed E-state index contributed by atoms with van der Waals surface area (Å²) in [7, 11) is 1.65. The molecular formula is C19H26N4O2S. The number of carbonyl (C=O) groups excluding carboxylic acids is 1. The Hall–Kier alpha value is -2.02. The Kier molecular flexibility index (Phi) is 6.55. The van der Waals surface area contributed by atoms with Crippen molar-refractivity contribution in [1.82, 2.24) is 20.5 Å². The van der Waals surface area contributed by atoms with Crippen molar-refractivity contribution in [3.8, 4) is 5.75 Å². The second-order valence-corrected chi connectivity index (χ2v) is 7.76. The number of nitrogens with zero attached hydrogens (tertiary/aromatic N) is 2. The quantitative estimate of drug-likeness (QED) is 0.728. The lowest BCUT2D eigenvalue weighted by molar-refractivity contribution is -0.119. The molecule has 1 fully saturated rings. The third-order valence-corrected chi connectivity index (χ3v) is 5.68. The Morgan fingerprint density at radius 2 is 2.08 bits per heavy atom. The van der Waals surface area contributed by atoms with Gasteiger partial charge in [0.2, 0.25) is 11.1 Å². The highest BCUT2D eigenvalue weighted by Gasteiger charge is 2.22. The molecule has 7 heteroatoms. The van der Waals surface area contributed by atoms with Crippen LogP contribution < -0.4 is 10.1 Å². The molecule has 3 rings (SSSR count). The van der Waals surface area contributed by atoms with Crippen molar-refractivity contribution in [2.24, 2.45) is 5.92 Å². The molecule has 0 bridgehead atoms. The van der Waals surface area contributed by atoms with Crippen molar-refractivity contribution in [2.75, 3.05) is 12.9 Å². The number of ether oxygens (including phenoxy) is 1. The Morgan fingerprint density at radius 3 is 2.81 bits per heavy atom. The minimum absolute atomic E-state index is 0.0651. The third kappa shape index (κ3) is 5.24. The number of aromatic nitrogens is 3. The van der Waals surface area contributed by atoms with E-state index in [1.807, 2.05) is 24.3 Å². The van der Waals surface area contributed by atoms with E-state index in [9.17, 15) is 4.79 Å². The Balaban J connectivity index is 1.46. The minimum Gasteiger partial charge on any atom is -0.497 e. The number of aromatic amines is 1. The van der Waals surface area contributed by atoms with Gasteiger partial charge < -0.3 is 10.1 Å². The van der Waals surface area contributed by atoms with Crippen LogP contribution in [0.2, 0.25) is 0 Å². The molecule has 6 nitrogen and oxygen atoms in total. The van der Waals surface area contributed by atoms with Crippen LogP contribution in [0.25, 0.3) is 0 Å². The average Bonchev–Trinajstić information content (AvgIpc) is 3.10. The zero-order chi connectivity index (χ0) is 18.4. The summed E-state index contributed by atoms with van der Waals surface area (Å²) in [5, 5.41) is 10.9. The van der Waals surface area contributed by atoms with Gasteiger partial charge in [-0.1, -0.05) is 43.7 Å². The predicted octanol–water partition coefficient (Wildman–Crippen LogP) is 3.19. The highest BCUT2D eigenvalue weighted by molar-refractivity contribution is 7.99. The Labute approximate surface area is 158 Å². The molecule has 26 heavy (non-hydrogen) atoms. The minimum atomic E-state index is 0.0651. The second kappa shape index (κ2) is 9.07. The topological polar surface area (TPSA) is 79.9 Å². The molecule has 0 saturated heterocycles. The number of thioether (sulfide) groups is 1. The van der Waals surface area contributed by atoms with Gasteiger partial charge in [0, 0.05) is 12.5 Å². The van der Waals surface area contributed by atoms with Gasteiger partial charge in [-0.25, -0.2) is 4.98 Å². The first-order valence-corrected chi connectivity index (χ1v) is 10.1. The molecule has 0 aliphatic heterocycles. The molecule has 1 aromatic heterocycles. The molecule has 1 aliphatic rings. The lowest BCUT2D eigenvalue weighted by Gasteiger charge is -2.29. The van der Waals surface area contributed by atoms with Gasteiger partial charge in [0.1, 0.15) is 11.6 Å². The molecule has 1 amide bonds. The van der Waals surface area contributed by atoms with Gasteiger partial charge in [0.15, 0.2) is 0 Å². The fourth-order valence-electron chi connectivity index (χ4n) is 3.27. The number of amides is 1. The zero-order valence-electron chi connectivity index (χ0n) is 15.3. The van der Waals surface area contributed by atoms with Crippen LogP contribution in [0.4, 0.5) is 0 Å². The Morgan fingerprint density at radius 1 is 1.31 bits per heavy atom. The molecule has 140 valence electrons. The van der Waals surface area contributed by atoms with E-state index in [0.717, 1.165) is 23.6 Å². The number of carbonyl (C=O) groups is 1. The van der Waals surface area contributed by atoms with E-state index in [-0.39, 0.29) is 5.91 Å². The van der Waals surface area contributed by atoms with Crippen LogP contribution in [0.5, 0.6) is 5.75 Å². The van der Waals surface area contributed by atoms with E-state index < -0.39 is 0 Å². The van der Waals surface area contributed by atoms with Crippen LogP contribution in [0, 0.1) is 5.92 Å². The standard InChI is InChI=1S/C19H26N4O2S/c1-13-5-3-4-6-16(13)20-18(24)12-26-19-21-17(22-23-19)11-14-7-9-15(25-2)10-8-14/h7-10,13,16H,3-6,11-12H2,1-2H3,(H,20,24)(H,21,22,23)/t13-,16-/m1/s1. The zero-order valence-corrected chi connectivity index (χ0v) is 16.1. The second-order valence-electron chi connectivity index (χ2n) is 6.81. The number of nitrogens with one attached hydrogen (secondary N) is 2. The fraction of sp³-hybridized carbons (Fsp3) is 0.526. The van der Waals surface area contributed by atoms with E-state index in [4.69, 9.17) is 4.74 Å². The monoisotopic (exact) mass is 374 g/mol. The molecule has 0 spiro atoms. The smallest absolute Gasteiger partial charge is 0.230 e. The lowest BCUT2D eigenvalue weighted by Crippen LogP contribution is -2.41. The largest absolute Gasteiger partial charge is 0.497 e. The summed E-state index contributed by atoms with van der Waals surface area (Å²) >= 11 is 1.37. The summed E-state index contributed by atoms with van der Waals surface area (Å²) < 4.78 is 5.16. The van der Waals surface area contributed by atoms with Crippen LogP contribution in [0.1, 0.15) is 44.0 Å². The van der Waals surface area contributed by atoms with Crippen molar-refractivity contribution in [2.45, 2.75) is 50.2 Å². The van der Waals surface area contributed by atoms with E-state index in [1.54, 1.807) is 7.11 Å². The Bertz CT molecular complexity index is 717. The highest BCUT2D eigenvalue weighted by atomic mass is 32.2. The lowest BCUT2D eigenvalue weighted by atomic mass is 9.86. The predicted molar refractivity (Wildman–Crippen MR) is 102 cm³/mol. The molecule has 1 aromatic carbocycles. The number of H-pyrrole nitrogens is 1. The summed E-state index contributed by atoms with van der Waals surface area (Å²) in [5.41, 5.74) is 1.13. The van der Waals surface area contributed by atoms with Crippen molar-refractivity contribution in [1.29, 1.82) is 0 Å². The van der Waals surface area contributed by atoms with Gasteiger partial charge in [-0.15, -0.1) is 5.10 Å². The molecule has 1 heterocycles. The van der Waals surface area contributed by atoms with Crippen LogP contribution in [0.15, 0.2) is 29.4 Å². The van der Waals surface area contributed by atoms with E-state index in [0.29, 0.717) is 29.3 Å². The first-order valence-electron chi connectivity index (χ1n) is 9.10. The van der Waals surface area contributed by atoms with Gasteiger partial charge in [0.25, 0.3) is 0 Å². The number of methoxy groups -OCH3 is 1. The normalized spacial score (nSPS) is 19.9. The molecule has 0 radical (unpaired) electrons. The van der Waals surface area contributed by atoms with Gasteiger partial charge in [-0.3, -0.25) is 9.89 Å². The SMILES string of the molecule is COc1ccc(Cc2nc(SCC(=O)N[C@@H]3CCCC[C@H]3C)n[nH]2)cc1. The van der Waals surface area contributed by atoms with E-state index in [1.165, 1.54) is 31.0 Å². The van der Waals surface area contributed by atoms with E-state index in [2.05, 4.69) is 27.4 Å². The van der Waals surface area contributed by atoms with Crippen LogP contribution in [-0.2, 0) is 11.2 Å². The van der Waals surface area contributed by atoms with Gasteiger partial charge in [0.05, 0.1) is 12.9 Å². The van der Waals surface area contributed by atoms with Crippen molar-refractivity contribution in [3.05, 3.63) is 35.7 Å². The average molecular weight is 375 g/mol. The highest BCUT2D eigenvalue weighted by Crippen LogP contribution is 2.24. The molecule has 2 N–H and O–H groups in total. The molecular weight excluding hydrogens is 348 g/mol. The molecule has 0 unspecified atom stereocenters. The first kappa shape index (κ1) is 18.8. The summed E-state index contributed by atoms with van der Waals surface area (Å²) in [6, 6.07) is 8.19. The van der Waals surface area contributed by atoms with Crippen molar-refractivity contribution >= 4 is 17.7 Å². The van der Waals surface area contributed by atoms with Crippen LogP contribution in [0.3, 0.4) is 0 Å². The molecule has 2 aromatic rings. The fourth-order valence-corrected chi connectivity index (χ4v) is 3.90. The van der Waals surface area contributed by atoms with Crippen LogP contribution in [-0.4, -0.2) is 40.0 Å². The molecule has 2 atom stereocenters. The maximum absolute atomic E-state index is 12.2. The molecule has 1 saturated carbocycles. The van der Waals surface area contributed by atoms with Gasteiger partial charge in [-0.05, 0) is 36.5 Å². The number of hydrogen-bond acceptors (Lipinski definition) is 5. The summed E-state index contributed by atoms with van der Waals surface area (Å²) in [6.07, 6.45) is 5.44. The van der Waals surface area contributed by atoms with Crippen molar-refractivity contribution in [3.63, 3.8) is 0 Å². The number of benzene rings is 1. The summed E-state index contributed by atoms with van der Waals surface area (Å²) in [4.78, 5) is 16.6. The van der Waals surface area contributed by atoms with Crippen molar-refractivity contribution < 1.29 is 9.53 Å². The number of rotatable bonds is 7. The maximum atomic E-state index is 12.2. The summed E-state index contributed by atoms with van der Waals surface area (Å²) in [5.74, 6) is 2.61. The number of hydrogen-bond donors (Lipinski definition) is 2. The van der Waals surface area contributed by atoms with Gasteiger partial charge >= 0.3 is 0 Å². The maximum Gasteiger partial charge on any atom is 0.230 e. The summed E-state index contributed by atoms with van der Waals surface area (Å²) in [6.45, 7) is 2.22. The first-order chi connectivity index (χ1) is 12.6. The van der Waals surface area contributed by atoms with Crippen LogP contribution >= 0.6 is 11.8 Å². The molecule has 1 aliphatic carbocycles. The van der Waals surface area contributed by atoms with E-state index >= 15 is 0 Å². The van der Waals surface area contributed by atoms with Gasteiger partial charge in [-0.2, -0.15) is 0 Å². The third-order valence-electron chi connectivity index (χ3n) is 4.83.